The second kappa shape index (κ2) is 6.68. The lowest BCUT2D eigenvalue weighted by atomic mass is 9.93. The molecule has 2 aromatic rings. The molecule has 2 rings (SSSR count). The predicted octanol–water partition coefficient (Wildman–Crippen LogP) is 2.49. The second-order valence-electron chi connectivity index (χ2n) is 5.18. The molecule has 4 heteroatoms. The van der Waals surface area contributed by atoms with E-state index >= 15 is 0 Å². The Morgan fingerprint density at radius 1 is 1.35 bits per heavy atom. The molecular formula is C16H22N2O2. The normalized spacial score (nSPS) is 14.2. The van der Waals surface area contributed by atoms with Gasteiger partial charge in [0, 0.05) is 23.2 Å². The zero-order valence-electron chi connectivity index (χ0n) is 11.9. The molecule has 0 bridgehead atoms. The molecular weight excluding hydrogens is 252 g/mol. The summed E-state index contributed by atoms with van der Waals surface area (Å²) in [4.78, 5) is 4.30. The van der Waals surface area contributed by atoms with Crippen molar-refractivity contribution in [1.82, 2.24) is 4.98 Å². The first-order valence-electron chi connectivity index (χ1n) is 7.04. The van der Waals surface area contributed by atoms with Gasteiger partial charge in [0.1, 0.15) is 5.75 Å². The summed E-state index contributed by atoms with van der Waals surface area (Å²) < 4.78 is 5.72. The number of aromatic nitrogens is 1. The highest BCUT2D eigenvalue weighted by molar-refractivity contribution is 5.79. The smallest absolute Gasteiger partial charge is 0.121 e. The van der Waals surface area contributed by atoms with Gasteiger partial charge in [-0.3, -0.25) is 4.98 Å². The molecule has 1 aromatic heterocycles. The van der Waals surface area contributed by atoms with Gasteiger partial charge in [0.2, 0.25) is 0 Å². The van der Waals surface area contributed by atoms with Crippen LogP contribution in [0, 0.1) is 0 Å². The lowest BCUT2D eigenvalue weighted by molar-refractivity contribution is 0.171. The lowest BCUT2D eigenvalue weighted by Gasteiger charge is -2.25. The van der Waals surface area contributed by atoms with Gasteiger partial charge in [0.05, 0.1) is 18.7 Å². The van der Waals surface area contributed by atoms with E-state index in [-0.39, 0.29) is 6.61 Å². The van der Waals surface area contributed by atoms with E-state index in [9.17, 15) is 5.11 Å². The van der Waals surface area contributed by atoms with Gasteiger partial charge in [-0.1, -0.05) is 13.0 Å². The Labute approximate surface area is 119 Å². The van der Waals surface area contributed by atoms with Crippen LogP contribution in [0.4, 0.5) is 0 Å². The number of hydrogen-bond donors (Lipinski definition) is 2. The predicted molar refractivity (Wildman–Crippen MR) is 80.8 cm³/mol. The van der Waals surface area contributed by atoms with Gasteiger partial charge in [-0.05, 0) is 37.5 Å². The van der Waals surface area contributed by atoms with Crippen LogP contribution in [0.15, 0.2) is 36.5 Å². The fraction of sp³-hybridized carbons (Fsp3) is 0.438. The van der Waals surface area contributed by atoms with E-state index < -0.39 is 5.54 Å². The maximum absolute atomic E-state index is 9.25. The van der Waals surface area contributed by atoms with Crippen LogP contribution in [0.1, 0.15) is 26.2 Å². The molecule has 0 amide bonds. The van der Waals surface area contributed by atoms with E-state index in [0.717, 1.165) is 35.9 Å². The van der Waals surface area contributed by atoms with Gasteiger partial charge in [0.15, 0.2) is 0 Å². The molecule has 3 N–H and O–H groups in total. The Hall–Kier alpha value is -1.65. The van der Waals surface area contributed by atoms with Gasteiger partial charge < -0.3 is 15.6 Å². The van der Waals surface area contributed by atoms with Crippen LogP contribution < -0.4 is 10.5 Å². The largest absolute Gasteiger partial charge is 0.494 e. The van der Waals surface area contributed by atoms with Gasteiger partial charge >= 0.3 is 0 Å². The number of pyridine rings is 1. The standard InChI is InChI=1S/C16H22N2O2/c1-2-16(17,12-19)8-4-10-20-14-7-6-13-5-3-9-18-15(13)11-14/h3,5-7,9,11,19H,2,4,8,10,12,17H2,1H3. The number of rotatable bonds is 7. The molecule has 1 aromatic carbocycles. The summed E-state index contributed by atoms with van der Waals surface area (Å²) in [6.07, 6.45) is 4.12. The number of nitrogens with two attached hydrogens (primary N) is 1. The molecule has 0 saturated heterocycles. The van der Waals surface area contributed by atoms with Gasteiger partial charge in [-0.15, -0.1) is 0 Å². The second-order valence-corrected chi connectivity index (χ2v) is 5.18. The Balaban J connectivity index is 1.87. The molecule has 0 aliphatic carbocycles. The highest BCUT2D eigenvalue weighted by Crippen LogP contribution is 2.19. The van der Waals surface area contributed by atoms with Crippen LogP contribution in [-0.4, -0.2) is 28.8 Å². The van der Waals surface area contributed by atoms with Crippen LogP contribution in [-0.2, 0) is 0 Å². The van der Waals surface area contributed by atoms with E-state index in [1.54, 1.807) is 6.20 Å². The molecule has 0 saturated carbocycles. The number of hydrogen-bond acceptors (Lipinski definition) is 4. The van der Waals surface area contributed by atoms with Crippen LogP contribution in [0.3, 0.4) is 0 Å². The number of benzene rings is 1. The van der Waals surface area contributed by atoms with Gasteiger partial charge in [-0.25, -0.2) is 0 Å². The quantitative estimate of drug-likeness (QED) is 0.761. The summed E-state index contributed by atoms with van der Waals surface area (Å²) in [6, 6.07) is 9.84. The Morgan fingerprint density at radius 2 is 2.20 bits per heavy atom. The molecule has 1 unspecified atom stereocenters. The Kier molecular flexibility index (Phi) is 4.93. The molecule has 0 fully saturated rings. The minimum Gasteiger partial charge on any atom is -0.494 e. The Bertz CT molecular complexity index is 553. The molecule has 0 aliphatic rings. The van der Waals surface area contributed by atoms with Crippen LogP contribution >= 0.6 is 0 Å². The van der Waals surface area contributed by atoms with Crippen molar-refractivity contribution in [1.29, 1.82) is 0 Å². The van der Waals surface area contributed by atoms with Crippen molar-refractivity contribution in [2.75, 3.05) is 13.2 Å². The molecule has 4 nitrogen and oxygen atoms in total. The summed E-state index contributed by atoms with van der Waals surface area (Å²) in [5.41, 5.74) is 6.49. The summed E-state index contributed by atoms with van der Waals surface area (Å²) in [5, 5.41) is 10.3. The van der Waals surface area contributed by atoms with Crippen LogP contribution in [0.25, 0.3) is 10.9 Å². The summed E-state index contributed by atoms with van der Waals surface area (Å²) in [5.74, 6) is 0.819. The Morgan fingerprint density at radius 3 is 2.95 bits per heavy atom. The average molecular weight is 274 g/mol. The van der Waals surface area contributed by atoms with Crippen molar-refractivity contribution in [2.24, 2.45) is 5.73 Å². The van der Waals surface area contributed by atoms with Crippen molar-refractivity contribution in [2.45, 2.75) is 31.7 Å². The molecule has 0 aliphatic heterocycles. The monoisotopic (exact) mass is 274 g/mol. The van der Waals surface area contributed by atoms with Crippen LogP contribution in [0.5, 0.6) is 5.75 Å². The van der Waals surface area contributed by atoms with E-state index in [4.69, 9.17) is 10.5 Å². The molecule has 108 valence electrons. The molecule has 0 radical (unpaired) electrons. The first-order valence-corrected chi connectivity index (χ1v) is 7.04. The third kappa shape index (κ3) is 3.68. The topological polar surface area (TPSA) is 68.4 Å². The SMILES string of the molecule is CCC(N)(CO)CCCOc1ccc2cccnc2c1. The zero-order chi connectivity index (χ0) is 14.4. The van der Waals surface area contributed by atoms with Crippen molar-refractivity contribution in [3.05, 3.63) is 36.5 Å². The maximum Gasteiger partial charge on any atom is 0.121 e. The highest BCUT2D eigenvalue weighted by atomic mass is 16.5. The molecule has 1 heterocycles. The number of nitrogens with zero attached hydrogens (tertiary/aromatic N) is 1. The third-order valence-corrected chi connectivity index (χ3v) is 3.68. The number of aliphatic hydroxyl groups is 1. The number of fused-ring (bicyclic) bond motifs is 1. The first kappa shape index (κ1) is 14.8. The van der Waals surface area contributed by atoms with Crippen molar-refractivity contribution in [3.8, 4) is 5.75 Å². The van der Waals surface area contributed by atoms with Crippen molar-refractivity contribution < 1.29 is 9.84 Å². The number of ether oxygens (including phenoxy) is 1. The zero-order valence-corrected chi connectivity index (χ0v) is 11.9. The summed E-state index contributed by atoms with van der Waals surface area (Å²) in [6.45, 7) is 2.60. The van der Waals surface area contributed by atoms with Crippen LogP contribution in [0.2, 0.25) is 0 Å². The maximum atomic E-state index is 9.25. The minimum atomic E-state index is -0.478. The summed E-state index contributed by atoms with van der Waals surface area (Å²) >= 11 is 0. The highest BCUT2D eigenvalue weighted by Gasteiger charge is 2.20. The van der Waals surface area contributed by atoms with E-state index in [1.807, 2.05) is 37.3 Å². The lowest BCUT2D eigenvalue weighted by Crippen LogP contribution is -2.43. The van der Waals surface area contributed by atoms with Crippen molar-refractivity contribution in [3.63, 3.8) is 0 Å². The minimum absolute atomic E-state index is 0.0173. The van der Waals surface area contributed by atoms with E-state index in [1.165, 1.54) is 0 Å². The average Bonchev–Trinajstić information content (AvgIpc) is 2.51. The molecule has 20 heavy (non-hydrogen) atoms. The molecule has 0 spiro atoms. The first-order chi connectivity index (χ1) is 9.67. The third-order valence-electron chi connectivity index (χ3n) is 3.68. The fourth-order valence-electron chi connectivity index (χ4n) is 2.12. The fourth-order valence-corrected chi connectivity index (χ4v) is 2.12. The van der Waals surface area contributed by atoms with Gasteiger partial charge in [0.25, 0.3) is 0 Å². The van der Waals surface area contributed by atoms with E-state index in [2.05, 4.69) is 4.98 Å². The van der Waals surface area contributed by atoms with E-state index in [0.29, 0.717) is 6.61 Å². The number of aliphatic hydroxyl groups excluding tert-OH is 1. The summed E-state index contributed by atoms with van der Waals surface area (Å²) in [7, 11) is 0. The molecule has 1 atom stereocenters. The van der Waals surface area contributed by atoms with Crippen molar-refractivity contribution >= 4 is 10.9 Å². The van der Waals surface area contributed by atoms with Gasteiger partial charge in [-0.2, -0.15) is 0 Å².